The molecule has 0 aromatic carbocycles. The summed E-state index contributed by atoms with van der Waals surface area (Å²) in [4.78, 5) is 38.0. The van der Waals surface area contributed by atoms with E-state index in [2.05, 4.69) is 33.6 Å². The molecule has 0 spiro atoms. The van der Waals surface area contributed by atoms with Gasteiger partial charge in [0.05, 0.1) is 0 Å². The van der Waals surface area contributed by atoms with Gasteiger partial charge in [-0.2, -0.15) is 0 Å². The van der Waals surface area contributed by atoms with E-state index >= 15 is 0 Å². The number of hydrogen-bond donors (Lipinski definition) is 3. The van der Waals surface area contributed by atoms with Gasteiger partial charge >= 0.3 is 17.9 Å². The van der Waals surface area contributed by atoms with E-state index in [1.165, 1.54) is 27.2 Å². The number of carboxylic acid groups (broad SMARTS) is 3. The van der Waals surface area contributed by atoms with Crippen LogP contribution in [0.5, 0.6) is 0 Å². The molecule has 0 bridgehead atoms. The van der Waals surface area contributed by atoms with Crippen molar-refractivity contribution in [2.75, 3.05) is 0 Å². The van der Waals surface area contributed by atoms with Crippen LogP contribution in [-0.2, 0) is 19.2 Å². The van der Waals surface area contributed by atoms with Gasteiger partial charge in [-0.3, -0.25) is 0 Å². The Hall–Kier alpha value is -2.70. The maximum Gasteiger partial charge on any atom is 0.330 e. The zero-order chi connectivity index (χ0) is 21.6. The fourth-order valence-corrected chi connectivity index (χ4v) is 0. The molecule has 0 aromatic heterocycles. The summed E-state index contributed by atoms with van der Waals surface area (Å²) < 4.78 is 0. The van der Waals surface area contributed by atoms with Crippen molar-refractivity contribution >= 4 is 24.2 Å². The third kappa shape index (κ3) is 74.8. The molecule has 7 heteroatoms. The average Bonchev–Trinajstić information content (AvgIpc) is 2.49. The highest BCUT2D eigenvalue weighted by molar-refractivity contribution is 5.85. The Labute approximate surface area is 150 Å². The highest BCUT2D eigenvalue weighted by atomic mass is 16.4. The van der Waals surface area contributed by atoms with Crippen molar-refractivity contribution in [3.8, 4) is 0 Å². The summed E-state index contributed by atoms with van der Waals surface area (Å²) in [6.07, 6.45) is 2.76. The van der Waals surface area contributed by atoms with Gasteiger partial charge in [-0.25, -0.2) is 14.4 Å². The zero-order valence-corrected chi connectivity index (χ0v) is 16.1. The Balaban J connectivity index is -0.0000000682. The molecule has 0 heterocycles. The van der Waals surface area contributed by atoms with Crippen LogP contribution < -0.4 is 0 Å². The van der Waals surface area contributed by atoms with E-state index in [4.69, 9.17) is 15.3 Å². The molecule has 0 fully saturated rings. The molecule has 0 rings (SSSR count). The normalized spacial score (nSPS) is 7.12. The molecule has 0 amide bonds. The van der Waals surface area contributed by atoms with Gasteiger partial charge < -0.3 is 20.1 Å². The summed E-state index contributed by atoms with van der Waals surface area (Å²) >= 11 is 0. The summed E-state index contributed by atoms with van der Waals surface area (Å²) in [5, 5.41) is 23.7. The SMILES string of the molecule is C=C(C)C(=O)O.C=C(C)C(=O)O.C=C(C)C(=O)O.CCC.CCC=O. The minimum absolute atomic E-state index is 0.176. The maximum atomic E-state index is 9.60. The fraction of sp³-hybridized carbons (Fsp3) is 0.444. The number of carbonyl (C=O) groups excluding carboxylic acids is 1. The van der Waals surface area contributed by atoms with E-state index in [1.54, 1.807) is 0 Å². The first-order valence-electron chi connectivity index (χ1n) is 7.36. The van der Waals surface area contributed by atoms with Crippen molar-refractivity contribution in [3.05, 3.63) is 36.5 Å². The molecule has 7 nitrogen and oxygen atoms in total. The molecule has 3 N–H and O–H groups in total. The molecular formula is C18H32O7. The number of aliphatic carboxylic acids is 3. The minimum Gasteiger partial charge on any atom is -0.478 e. The van der Waals surface area contributed by atoms with Crippen LogP contribution in [0.25, 0.3) is 0 Å². The van der Waals surface area contributed by atoms with Crippen LogP contribution in [0, 0.1) is 0 Å². The van der Waals surface area contributed by atoms with Crippen LogP contribution in [0.2, 0.25) is 0 Å². The predicted octanol–water partition coefficient (Wildman–Crippen LogP) is 3.95. The number of carboxylic acids is 3. The van der Waals surface area contributed by atoms with E-state index < -0.39 is 17.9 Å². The van der Waals surface area contributed by atoms with Crippen molar-refractivity contribution in [1.82, 2.24) is 0 Å². The van der Waals surface area contributed by atoms with Crippen LogP contribution in [0.15, 0.2) is 36.5 Å². The molecule has 0 atom stereocenters. The Bertz CT molecular complexity index is 342. The van der Waals surface area contributed by atoms with Crippen molar-refractivity contribution in [3.63, 3.8) is 0 Å². The molecule has 0 saturated carbocycles. The summed E-state index contributed by atoms with van der Waals surface area (Å²) in [7, 11) is 0. The third-order valence-corrected chi connectivity index (χ3v) is 1.26. The molecule has 0 aromatic rings. The molecule has 0 aliphatic rings. The standard InChI is InChI=1S/3C4H6O2.C3H6O.C3H8/c3*1-3(2)4(5)6;1-2-3-4;1-3-2/h3*1H2,2H3,(H,5,6);3H,2H2,1H3;3H2,1-2H3. The lowest BCUT2D eigenvalue weighted by Crippen LogP contribution is -1.92. The van der Waals surface area contributed by atoms with Gasteiger partial charge in [0.25, 0.3) is 0 Å². The quantitative estimate of drug-likeness (QED) is 0.511. The van der Waals surface area contributed by atoms with Crippen LogP contribution in [0.3, 0.4) is 0 Å². The number of aldehydes is 1. The van der Waals surface area contributed by atoms with Gasteiger partial charge in [0.15, 0.2) is 0 Å². The number of carbonyl (C=O) groups is 4. The van der Waals surface area contributed by atoms with Gasteiger partial charge in [-0.15, -0.1) is 0 Å². The molecule has 0 unspecified atom stereocenters. The van der Waals surface area contributed by atoms with Gasteiger partial charge in [-0.1, -0.05) is 46.9 Å². The van der Waals surface area contributed by atoms with Crippen molar-refractivity contribution in [2.24, 2.45) is 0 Å². The molecule has 0 aliphatic heterocycles. The smallest absolute Gasteiger partial charge is 0.330 e. The van der Waals surface area contributed by atoms with Gasteiger partial charge in [-0.05, 0) is 20.8 Å². The summed E-state index contributed by atoms with van der Waals surface area (Å²) in [5.74, 6) is -2.81. The minimum atomic E-state index is -0.935. The lowest BCUT2D eigenvalue weighted by molar-refractivity contribution is -0.133. The van der Waals surface area contributed by atoms with E-state index in [9.17, 15) is 19.2 Å². The van der Waals surface area contributed by atoms with E-state index in [1.807, 2.05) is 6.92 Å². The van der Waals surface area contributed by atoms with Crippen molar-refractivity contribution in [2.45, 2.75) is 54.4 Å². The molecular weight excluding hydrogens is 328 g/mol. The summed E-state index contributed by atoms with van der Waals surface area (Å²) in [5.41, 5.74) is 0.528. The largest absolute Gasteiger partial charge is 0.478 e. The number of hydrogen-bond acceptors (Lipinski definition) is 4. The fourth-order valence-electron chi connectivity index (χ4n) is 0. The highest BCUT2D eigenvalue weighted by Crippen LogP contribution is 1.82. The second-order valence-corrected chi connectivity index (χ2v) is 4.54. The van der Waals surface area contributed by atoms with Crippen LogP contribution in [0.1, 0.15) is 54.4 Å². The summed E-state index contributed by atoms with van der Waals surface area (Å²) in [6.45, 7) is 19.9. The van der Waals surface area contributed by atoms with Crippen LogP contribution >= 0.6 is 0 Å². The van der Waals surface area contributed by atoms with Crippen molar-refractivity contribution in [1.29, 1.82) is 0 Å². The average molecular weight is 360 g/mol. The first-order valence-corrected chi connectivity index (χ1v) is 7.36. The monoisotopic (exact) mass is 360 g/mol. The Morgan fingerprint density at radius 1 is 0.720 bits per heavy atom. The highest BCUT2D eigenvalue weighted by Gasteiger charge is 1.91. The van der Waals surface area contributed by atoms with E-state index in [-0.39, 0.29) is 16.7 Å². The van der Waals surface area contributed by atoms with Crippen LogP contribution in [0.4, 0.5) is 0 Å². The zero-order valence-electron chi connectivity index (χ0n) is 16.1. The van der Waals surface area contributed by atoms with Gasteiger partial charge in [0.1, 0.15) is 6.29 Å². The lowest BCUT2D eigenvalue weighted by atomic mass is 10.4. The number of rotatable bonds is 4. The molecule has 0 saturated heterocycles. The molecule has 25 heavy (non-hydrogen) atoms. The Morgan fingerprint density at radius 2 is 0.800 bits per heavy atom. The Kier molecular flexibility index (Phi) is 35.4. The maximum absolute atomic E-state index is 9.60. The predicted molar refractivity (Wildman–Crippen MR) is 99.7 cm³/mol. The lowest BCUT2D eigenvalue weighted by Gasteiger charge is -1.79. The molecule has 0 aliphatic carbocycles. The molecule has 146 valence electrons. The second kappa shape index (κ2) is 26.2. The topological polar surface area (TPSA) is 129 Å². The van der Waals surface area contributed by atoms with Gasteiger partial charge in [0, 0.05) is 23.1 Å². The Morgan fingerprint density at radius 3 is 0.800 bits per heavy atom. The van der Waals surface area contributed by atoms with Crippen molar-refractivity contribution < 1.29 is 34.5 Å². The van der Waals surface area contributed by atoms with E-state index in [0.29, 0.717) is 6.42 Å². The first-order chi connectivity index (χ1) is 11.3. The summed E-state index contributed by atoms with van der Waals surface area (Å²) in [6, 6.07) is 0. The first kappa shape index (κ1) is 33.8. The van der Waals surface area contributed by atoms with E-state index in [0.717, 1.165) is 6.29 Å². The third-order valence-electron chi connectivity index (χ3n) is 1.26. The molecule has 0 radical (unpaired) electrons. The second-order valence-electron chi connectivity index (χ2n) is 4.54. The van der Waals surface area contributed by atoms with Crippen LogP contribution in [-0.4, -0.2) is 39.5 Å². The van der Waals surface area contributed by atoms with Gasteiger partial charge in [0.2, 0.25) is 0 Å².